The molecule has 3 rings (SSSR count). The molecule has 0 fully saturated rings. The SMILES string of the molecule is O=S(=O)(N/N=C\c1ccc(/C=N/NS(=O)(=O)c2ccccc2)cc1)c1ccccc1. The molecule has 2 N–H and O–H groups in total. The first kappa shape index (κ1) is 21.2. The van der Waals surface area contributed by atoms with Crippen molar-refractivity contribution in [1.29, 1.82) is 0 Å². The Morgan fingerprint density at radius 1 is 0.533 bits per heavy atom. The average Bonchev–Trinajstić information content (AvgIpc) is 2.76. The van der Waals surface area contributed by atoms with Gasteiger partial charge in [-0.25, -0.2) is 9.66 Å². The molecule has 8 nitrogen and oxygen atoms in total. The number of benzene rings is 3. The van der Waals surface area contributed by atoms with Crippen LogP contribution >= 0.6 is 0 Å². The molecule has 3 aromatic carbocycles. The largest absolute Gasteiger partial charge is 0.276 e. The molecule has 0 bridgehead atoms. The third-order valence-electron chi connectivity index (χ3n) is 3.82. The highest BCUT2D eigenvalue weighted by molar-refractivity contribution is 7.89. The van der Waals surface area contributed by atoms with Gasteiger partial charge in [-0.15, -0.1) is 0 Å². The van der Waals surface area contributed by atoms with E-state index in [4.69, 9.17) is 0 Å². The fraction of sp³-hybridized carbons (Fsp3) is 0. The van der Waals surface area contributed by atoms with Crippen LogP contribution in [-0.4, -0.2) is 29.3 Å². The van der Waals surface area contributed by atoms with E-state index in [-0.39, 0.29) is 9.79 Å². The number of hydrazone groups is 2. The molecule has 0 spiro atoms. The monoisotopic (exact) mass is 442 g/mol. The van der Waals surface area contributed by atoms with E-state index in [2.05, 4.69) is 19.9 Å². The van der Waals surface area contributed by atoms with Crippen LogP contribution in [0.1, 0.15) is 11.1 Å². The lowest BCUT2D eigenvalue weighted by Gasteiger charge is -2.03. The number of hydrogen-bond donors (Lipinski definition) is 2. The number of nitrogens with zero attached hydrogens (tertiary/aromatic N) is 2. The summed E-state index contributed by atoms with van der Waals surface area (Å²) >= 11 is 0. The van der Waals surface area contributed by atoms with Crippen molar-refractivity contribution in [3.05, 3.63) is 96.1 Å². The maximum absolute atomic E-state index is 12.1. The molecular weight excluding hydrogens is 424 g/mol. The normalized spacial score (nSPS) is 12.3. The molecule has 154 valence electrons. The molecule has 0 unspecified atom stereocenters. The molecular formula is C20H18N4O4S2. The lowest BCUT2D eigenvalue weighted by atomic mass is 10.2. The maximum atomic E-state index is 12.1. The maximum Gasteiger partial charge on any atom is 0.276 e. The van der Waals surface area contributed by atoms with Gasteiger partial charge in [-0.1, -0.05) is 60.7 Å². The first-order valence-corrected chi connectivity index (χ1v) is 11.6. The van der Waals surface area contributed by atoms with Gasteiger partial charge >= 0.3 is 0 Å². The third kappa shape index (κ3) is 5.75. The van der Waals surface area contributed by atoms with Crippen LogP contribution in [0.25, 0.3) is 0 Å². The lowest BCUT2D eigenvalue weighted by Crippen LogP contribution is -2.18. The molecule has 0 heterocycles. The molecule has 30 heavy (non-hydrogen) atoms. The van der Waals surface area contributed by atoms with E-state index in [1.165, 1.54) is 36.7 Å². The minimum Gasteiger partial charge on any atom is -0.200 e. The van der Waals surface area contributed by atoms with E-state index in [0.717, 1.165) is 0 Å². The summed E-state index contributed by atoms with van der Waals surface area (Å²) in [6.07, 6.45) is 2.72. The summed E-state index contributed by atoms with van der Waals surface area (Å²) in [6.45, 7) is 0. The molecule has 10 heteroatoms. The minimum absolute atomic E-state index is 0.117. The highest BCUT2D eigenvalue weighted by Gasteiger charge is 2.11. The predicted octanol–water partition coefficient (Wildman–Crippen LogP) is 2.31. The highest BCUT2D eigenvalue weighted by Crippen LogP contribution is 2.08. The number of sulfonamides is 2. The van der Waals surface area contributed by atoms with Gasteiger partial charge in [0.15, 0.2) is 0 Å². The van der Waals surface area contributed by atoms with Crippen molar-refractivity contribution < 1.29 is 16.8 Å². The first-order valence-electron chi connectivity index (χ1n) is 8.67. The Morgan fingerprint density at radius 3 is 1.20 bits per heavy atom. The predicted molar refractivity (Wildman–Crippen MR) is 115 cm³/mol. The van der Waals surface area contributed by atoms with E-state index in [0.29, 0.717) is 11.1 Å². The summed E-state index contributed by atoms with van der Waals surface area (Å²) in [6, 6.07) is 22.6. The van der Waals surface area contributed by atoms with E-state index < -0.39 is 20.0 Å². The Hall–Kier alpha value is -3.50. The Kier molecular flexibility index (Phi) is 6.60. The molecule has 0 radical (unpaired) electrons. The quantitative estimate of drug-likeness (QED) is 0.411. The Labute approximate surface area is 175 Å². The van der Waals surface area contributed by atoms with Crippen molar-refractivity contribution in [2.24, 2.45) is 10.2 Å². The highest BCUT2D eigenvalue weighted by atomic mass is 32.2. The van der Waals surface area contributed by atoms with Crippen LogP contribution < -0.4 is 9.66 Å². The molecule has 3 aromatic rings. The lowest BCUT2D eigenvalue weighted by molar-refractivity contribution is 0.583. The van der Waals surface area contributed by atoms with Gasteiger partial charge in [-0.2, -0.15) is 27.0 Å². The zero-order valence-corrected chi connectivity index (χ0v) is 17.2. The minimum atomic E-state index is -3.72. The second-order valence-corrected chi connectivity index (χ2v) is 9.32. The molecule has 0 saturated heterocycles. The number of nitrogens with one attached hydrogen (secondary N) is 2. The van der Waals surface area contributed by atoms with Crippen LogP contribution in [0.4, 0.5) is 0 Å². The second kappa shape index (κ2) is 9.33. The summed E-state index contributed by atoms with van der Waals surface area (Å²) in [5, 5.41) is 7.52. The van der Waals surface area contributed by atoms with Gasteiger partial charge in [-0.05, 0) is 35.4 Å². The van der Waals surface area contributed by atoms with Crippen molar-refractivity contribution >= 4 is 32.5 Å². The van der Waals surface area contributed by atoms with Crippen molar-refractivity contribution in [3.8, 4) is 0 Å². The number of rotatable bonds is 8. The zero-order valence-electron chi connectivity index (χ0n) is 15.6. The van der Waals surface area contributed by atoms with Crippen molar-refractivity contribution in [2.45, 2.75) is 9.79 Å². The van der Waals surface area contributed by atoms with Gasteiger partial charge in [0.1, 0.15) is 0 Å². The van der Waals surface area contributed by atoms with Crippen molar-refractivity contribution in [3.63, 3.8) is 0 Å². The van der Waals surface area contributed by atoms with Crippen LogP contribution in [0.3, 0.4) is 0 Å². The molecule has 0 aliphatic rings. The summed E-state index contributed by atoms with van der Waals surface area (Å²) in [5.41, 5.74) is 1.29. The van der Waals surface area contributed by atoms with Gasteiger partial charge in [-0.3, -0.25) is 0 Å². The fourth-order valence-electron chi connectivity index (χ4n) is 2.31. The summed E-state index contributed by atoms with van der Waals surface area (Å²) in [4.78, 5) is 4.52. The van der Waals surface area contributed by atoms with Crippen LogP contribution in [0.5, 0.6) is 0 Å². The Balaban J connectivity index is 1.58. The van der Waals surface area contributed by atoms with Crippen LogP contribution in [0.15, 0.2) is 105 Å². The van der Waals surface area contributed by atoms with Crippen LogP contribution in [0.2, 0.25) is 0 Å². The van der Waals surface area contributed by atoms with E-state index in [9.17, 15) is 16.8 Å². The van der Waals surface area contributed by atoms with Crippen molar-refractivity contribution in [1.82, 2.24) is 9.66 Å². The molecule has 0 aromatic heterocycles. The van der Waals surface area contributed by atoms with Gasteiger partial charge in [0.25, 0.3) is 20.0 Å². The zero-order chi connectivity index (χ0) is 21.5. The van der Waals surface area contributed by atoms with Gasteiger partial charge in [0.05, 0.1) is 22.2 Å². The Bertz CT molecular complexity index is 1140. The van der Waals surface area contributed by atoms with Crippen molar-refractivity contribution in [2.75, 3.05) is 0 Å². The van der Waals surface area contributed by atoms with E-state index in [1.807, 2.05) is 0 Å². The molecule has 0 amide bonds. The van der Waals surface area contributed by atoms with E-state index >= 15 is 0 Å². The molecule has 0 aliphatic heterocycles. The number of hydrogen-bond acceptors (Lipinski definition) is 6. The first-order chi connectivity index (χ1) is 14.4. The smallest absolute Gasteiger partial charge is 0.200 e. The standard InChI is InChI=1S/C20H18N4O4S2/c25-29(26,19-7-3-1-4-8-19)23-21-15-17-11-13-18(14-12-17)16-22-24-30(27,28)20-9-5-2-6-10-20/h1-16,23-24H/b21-15-,22-16+. The third-order valence-corrected chi connectivity index (χ3v) is 6.29. The molecule has 0 saturated carbocycles. The summed E-state index contributed by atoms with van der Waals surface area (Å²) in [5.74, 6) is 0. The summed E-state index contributed by atoms with van der Waals surface area (Å²) in [7, 11) is -7.44. The van der Waals surface area contributed by atoms with Crippen LogP contribution in [0, 0.1) is 0 Å². The van der Waals surface area contributed by atoms with Gasteiger partial charge < -0.3 is 0 Å². The summed E-state index contributed by atoms with van der Waals surface area (Å²) < 4.78 is 48.3. The molecule has 0 atom stereocenters. The van der Waals surface area contributed by atoms with Gasteiger partial charge in [0, 0.05) is 0 Å². The molecule has 0 aliphatic carbocycles. The van der Waals surface area contributed by atoms with E-state index in [1.54, 1.807) is 60.7 Å². The second-order valence-electron chi connectivity index (χ2n) is 6.00. The topological polar surface area (TPSA) is 117 Å². The fourth-order valence-corrected chi connectivity index (χ4v) is 3.94. The van der Waals surface area contributed by atoms with Gasteiger partial charge in [0.2, 0.25) is 0 Å². The average molecular weight is 443 g/mol. The van der Waals surface area contributed by atoms with Crippen LogP contribution in [-0.2, 0) is 20.0 Å². The Morgan fingerprint density at radius 2 is 0.867 bits per heavy atom.